The molecule has 0 aromatic heterocycles. The highest BCUT2D eigenvalue weighted by Crippen LogP contribution is 2.17. The molecule has 2 rings (SSSR count). The summed E-state index contributed by atoms with van der Waals surface area (Å²) < 4.78 is 27.8. The molecule has 0 saturated carbocycles. The number of carbonyl (C=O) groups is 1. The number of hydrogen-bond acceptors (Lipinski definition) is 3. The molecule has 0 aliphatic heterocycles. The molecule has 0 spiro atoms. The van der Waals surface area contributed by atoms with Gasteiger partial charge in [-0.3, -0.25) is 4.79 Å². The van der Waals surface area contributed by atoms with Gasteiger partial charge in [0.1, 0.15) is 0 Å². The first-order chi connectivity index (χ1) is 12.9. The number of nitrogens with one attached hydrogen (secondary N) is 2. The molecule has 27 heavy (non-hydrogen) atoms. The molecule has 0 fully saturated rings. The summed E-state index contributed by atoms with van der Waals surface area (Å²) >= 11 is 0. The normalized spacial score (nSPS) is 12.5. The van der Waals surface area contributed by atoms with E-state index in [1.807, 2.05) is 37.3 Å². The van der Waals surface area contributed by atoms with Crippen LogP contribution in [0.1, 0.15) is 50.3 Å². The quantitative estimate of drug-likeness (QED) is 0.611. The van der Waals surface area contributed by atoms with Gasteiger partial charge in [0.2, 0.25) is 15.9 Å². The van der Waals surface area contributed by atoms with Gasteiger partial charge in [-0.2, -0.15) is 0 Å². The Kier molecular flexibility index (Phi) is 8.00. The second-order valence-corrected chi connectivity index (χ2v) is 8.32. The zero-order valence-corrected chi connectivity index (χ0v) is 16.8. The van der Waals surface area contributed by atoms with Gasteiger partial charge in [-0.25, -0.2) is 13.1 Å². The van der Waals surface area contributed by atoms with Gasteiger partial charge in [0.15, 0.2) is 0 Å². The molecular weight excluding hydrogens is 360 g/mol. The van der Waals surface area contributed by atoms with Crippen LogP contribution >= 0.6 is 0 Å². The maximum atomic E-state index is 12.6. The van der Waals surface area contributed by atoms with E-state index in [1.165, 1.54) is 0 Å². The largest absolute Gasteiger partial charge is 0.356 e. The summed E-state index contributed by atoms with van der Waals surface area (Å²) in [6.45, 7) is 4.60. The van der Waals surface area contributed by atoms with Crippen molar-refractivity contribution in [2.24, 2.45) is 0 Å². The third kappa shape index (κ3) is 6.81. The Labute approximate surface area is 162 Å². The van der Waals surface area contributed by atoms with Crippen molar-refractivity contribution in [3.63, 3.8) is 0 Å². The monoisotopic (exact) mass is 388 g/mol. The van der Waals surface area contributed by atoms with Crippen molar-refractivity contribution in [3.05, 3.63) is 65.7 Å². The van der Waals surface area contributed by atoms with E-state index in [9.17, 15) is 13.2 Å². The minimum atomic E-state index is -3.60. The third-order valence-corrected chi connectivity index (χ3v) is 5.92. The van der Waals surface area contributed by atoms with Crippen molar-refractivity contribution < 1.29 is 13.2 Å². The molecule has 0 saturated heterocycles. The Morgan fingerprint density at radius 1 is 1.04 bits per heavy atom. The van der Waals surface area contributed by atoms with Crippen LogP contribution in [-0.4, -0.2) is 20.9 Å². The summed E-state index contributed by atoms with van der Waals surface area (Å²) in [5.41, 5.74) is 1.85. The molecule has 1 atom stereocenters. The second kappa shape index (κ2) is 10.2. The minimum absolute atomic E-state index is 0.0264. The van der Waals surface area contributed by atoms with Gasteiger partial charge in [0, 0.05) is 19.0 Å². The Hall–Kier alpha value is -2.18. The molecule has 1 amide bonds. The molecule has 2 aromatic carbocycles. The minimum Gasteiger partial charge on any atom is -0.356 e. The number of rotatable bonds is 10. The SMILES string of the molecule is CCCCNC(=O)CCc1ccc(S(=O)(=O)N[C@H](C)c2ccccc2)cc1. The fraction of sp³-hybridized carbons (Fsp3) is 0.381. The summed E-state index contributed by atoms with van der Waals surface area (Å²) in [5, 5.41) is 2.88. The molecule has 6 heteroatoms. The first-order valence-corrected chi connectivity index (χ1v) is 10.8. The number of hydrogen-bond donors (Lipinski definition) is 2. The number of unbranched alkanes of at least 4 members (excludes halogenated alkanes) is 1. The van der Waals surface area contributed by atoms with E-state index in [4.69, 9.17) is 0 Å². The van der Waals surface area contributed by atoms with Gasteiger partial charge in [0.05, 0.1) is 4.90 Å². The van der Waals surface area contributed by atoms with E-state index in [-0.39, 0.29) is 16.8 Å². The molecule has 0 heterocycles. The van der Waals surface area contributed by atoms with Crippen molar-refractivity contribution in [1.29, 1.82) is 0 Å². The van der Waals surface area contributed by atoms with Crippen LogP contribution < -0.4 is 10.0 Å². The maximum absolute atomic E-state index is 12.6. The molecule has 5 nitrogen and oxygen atoms in total. The molecule has 2 aromatic rings. The van der Waals surface area contributed by atoms with Gasteiger partial charge >= 0.3 is 0 Å². The van der Waals surface area contributed by atoms with Gasteiger partial charge in [-0.05, 0) is 43.0 Å². The highest BCUT2D eigenvalue weighted by molar-refractivity contribution is 7.89. The van der Waals surface area contributed by atoms with E-state index in [2.05, 4.69) is 17.0 Å². The summed E-state index contributed by atoms with van der Waals surface area (Å²) in [5.74, 6) is 0.0264. The van der Waals surface area contributed by atoms with Crippen molar-refractivity contribution in [2.45, 2.75) is 50.5 Å². The Morgan fingerprint density at radius 2 is 1.70 bits per heavy atom. The topological polar surface area (TPSA) is 75.3 Å². The maximum Gasteiger partial charge on any atom is 0.241 e. The van der Waals surface area contributed by atoms with E-state index in [0.717, 1.165) is 24.0 Å². The van der Waals surface area contributed by atoms with Crippen LogP contribution in [0.4, 0.5) is 0 Å². The van der Waals surface area contributed by atoms with Gasteiger partial charge in [0.25, 0.3) is 0 Å². The van der Waals surface area contributed by atoms with E-state index in [0.29, 0.717) is 19.4 Å². The zero-order valence-electron chi connectivity index (χ0n) is 15.9. The van der Waals surface area contributed by atoms with Crippen LogP contribution in [0.5, 0.6) is 0 Å². The first-order valence-electron chi connectivity index (χ1n) is 9.35. The van der Waals surface area contributed by atoms with Crippen LogP contribution in [0.3, 0.4) is 0 Å². The molecule has 146 valence electrons. The standard InChI is InChI=1S/C21H28N2O3S/c1-3-4-16-22-21(24)15-12-18-10-13-20(14-11-18)27(25,26)23-17(2)19-8-6-5-7-9-19/h5-11,13-14,17,23H,3-4,12,15-16H2,1-2H3,(H,22,24)/t17-/m1/s1. The predicted octanol–water partition coefficient (Wildman–Crippen LogP) is 3.58. The molecule has 0 aliphatic rings. The average Bonchev–Trinajstić information content (AvgIpc) is 2.67. The Balaban J connectivity index is 1.92. The summed E-state index contributed by atoms with van der Waals surface area (Å²) in [7, 11) is -3.60. The number of sulfonamides is 1. The number of aryl methyl sites for hydroxylation is 1. The lowest BCUT2D eigenvalue weighted by Crippen LogP contribution is -2.26. The summed E-state index contributed by atoms with van der Waals surface area (Å²) in [6.07, 6.45) is 3.02. The van der Waals surface area contributed by atoms with Crippen molar-refractivity contribution in [3.8, 4) is 0 Å². The highest BCUT2D eigenvalue weighted by atomic mass is 32.2. The lowest BCUT2D eigenvalue weighted by atomic mass is 10.1. The summed E-state index contributed by atoms with van der Waals surface area (Å²) in [4.78, 5) is 12.0. The third-order valence-electron chi connectivity index (χ3n) is 4.36. The van der Waals surface area contributed by atoms with Crippen LogP contribution in [0.15, 0.2) is 59.5 Å². The fourth-order valence-electron chi connectivity index (χ4n) is 2.70. The smallest absolute Gasteiger partial charge is 0.241 e. The van der Waals surface area contributed by atoms with E-state index >= 15 is 0 Å². The van der Waals surface area contributed by atoms with Gasteiger partial charge < -0.3 is 5.32 Å². The van der Waals surface area contributed by atoms with Crippen LogP contribution in [-0.2, 0) is 21.2 Å². The number of amides is 1. The lowest BCUT2D eigenvalue weighted by Gasteiger charge is -2.15. The van der Waals surface area contributed by atoms with Crippen LogP contribution in [0, 0.1) is 0 Å². The van der Waals surface area contributed by atoms with Crippen molar-refractivity contribution >= 4 is 15.9 Å². The number of benzene rings is 2. The van der Waals surface area contributed by atoms with Crippen LogP contribution in [0.25, 0.3) is 0 Å². The first kappa shape index (κ1) is 21.1. The van der Waals surface area contributed by atoms with Gasteiger partial charge in [-0.1, -0.05) is 55.8 Å². The summed E-state index contributed by atoms with van der Waals surface area (Å²) in [6, 6.07) is 15.8. The average molecular weight is 389 g/mol. The Bertz CT molecular complexity index is 818. The fourth-order valence-corrected chi connectivity index (χ4v) is 3.93. The van der Waals surface area contributed by atoms with Crippen molar-refractivity contribution in [2.75, 3.05) is 6.54 Å². The lowest BCUT2D eigenvalue weighted by molar-refractivity contribution is -0.121. The van der Waals surface area contributed by atoms with Gasteiger partial charge in [-0.15, -0.1) is 0 Å². The number of carbonyl (C=O) groups excluding carboxylic acids is 1. The second-order valence-electron chi connectivity index (χ2n) is 6.60. The molecular formula is C21H28N2O3S. The molecule has 2 N–H and O–H groups in total. The van der Waals surface area contributed by atoms with E-state index in [1.54, 1.807) is 24.3 Å². The van der Waals surface area contributed by atoms with E-state index < -0.39 is 10.0 Å². The predicted molar refractivity (Wildman–Crippen MR) is 108 cm³/mol. The molecule has 0 unspecified atom stereocenters. The molecule has 0 aliphatic carbocycles. The molecule has 0 bridgehead atoms. The molecule has 0 radical (unpaired) electrons. The van der Waals surface area contributed by atoms with Crippen LogP contribution in [0.2, 0.25) is 0 Å². The highest BCUT2D eigenvalue weighted by Gasteiger charge is 2.18. The Morgan fingerprint density at radius 3 is 2.33 bits per heavy atom. The zero-order chi connectivity index (χ0) is 19.7. The van der Waals surface area contributed by atoms with Crippen molar-refractivity contribution in [1.82, 2.24) is 10.0 Å².